The van der Waals surface area contributed by atoms with Gasteiger partial charge in [-0.25, -0.2) is 0 Å². The van der Waals surface area contributed by atoms with E-state index in [-0.39, 0.29) is 22.9 Å². The molecule has 3 rings (SSSR count). The molecule has 142 valence electrons. The molecule has 0 bridgehead atoms. The number of thioether (sulfide) groups is 1. The van der Waals surface area contributed by atoms with Crippen LogP contribution in [0.25, 0.3) is 0 Å². The molecule has 2 atom stereocenters. The lowest BCUT2D eigenvalue weighted by Gasteiger charge is -2.47. The van der Waals surface area contributed by atoms with Crippen molar-refractivity contribution in [2.24, 2.45) is 0 Å². The molecular weight excluding hydrogens is 364 g/mol. The summed E-state index contributed by atoms with van der Waals surface area (Å²) in [5, 5.41) is 10.7. The fourth-order valence-electron chi connectivity index (χ4n) is 3.20. The Balaban J connectivity index is 1.77. The number of carbonyl (C=O) groups is 1. The van der Waals surface area contributed by atoms with Gasteiger partial charge < -0.3 is 9.64 Å². The Kier molecular flexibility index (Phi) is 6.47. The highest BCUT2D eigenvalue weighted by atomic mass is 32.2. The van der Waals surface area contributed by atoms with Crippen LogP contribution in [-0.2, 0) is 9.53 Å². The molecule has 27 heavy (non-hydrogen) atoms. The maximum absolute atomic E-state index is 12.8. The molecule has 1 heterocycles. The molecule has 1 aliphatic heterocycles. The van der Waals surface area contributed by atoms with Gasteiger partial charge in [0.05, 0.1) is 11.0 Å². The largest absolute Gasteiger partial charge is 0.385 e. The third kappa shape index (κ3) is 4.48. The molecule has 7 heteroatoms. The topological polar surface area (TPSA) is 72.7 Å². The molecular formula is C20H22N2O4S. The van der Waals surface area contributed by atoms with Gasteiger partial charge in [0.1, 0.15) is 5.25 Å². The second-order valence-electron chi connectivity index (χ2n) is 6.38. The van der Waals surface area contributed by atoms with Crippen LogP contribution in [-0.4, -0.2) is 41.2 Å². The van der Waals surface area contributed by atoms with Crippen LogP contribution >= 0.6 is 11.8 Å². The van der Waals surface area contributed by atoms with Gasteiger partial charge in [-0.1, -0.05) is 30.3 Å². The third-order valence-corrected chi connectivity index (χ3v) is 5.86. The third-order valence-electron chi connectivity index (χ3n) is 4.60. The van der Waals surface area contributed by atoms with Crippen LogP contribution in [0.1, 0.15) is 24.4 Å². The van der Waals surface area contributed by atoms with E-state index in [1.165, 1.54) is 12.1 Å². The minimum atomic E-state index is -0.408. The van der Waals surface area contributed by atoms with Crippen molar-refractivity contribution in [1.29, 1.82) is 0 Å². The summed E-state index contributed by atoms with van der Waals surface area (Å²) in [5.41, 5.74) is 0.990. The molecule has 0 spiro atoms. The molecule has 6 nitrogen and oxygen atoms in total. The van der Waals surface area contributed by atoms with Crippen molar-refractivity contribution in [1.82, 2.24) is 4.90 Å². The number of unbranched alkanes of at least 4 members (excludes halogenated alkanes) is 1. The quantitative estimate of drug-likeness (QED) is 0.281. The highest BCUT2D eigenvalue weighted by molar-refractivity contribution is 8.00. The number of nitro groups is 1. The van der Waals surface area contributed by atoms with Crippen LogP contribution in [0.15, 0.2) is 59.5 Å². The predicted molar refractivity (Wildman–Crippen MR) is 105 cm³/mol. The Morgan fingerprint density at radius 2 is 1.81 bits per heavy atom. The van der Waals surface area contributed by atoms with E-state index in [0.717, 1.165) is 23.3 Å². The maximum atomic E-state index is 12.8. The average Bonchev–Trinajstić information content (AvgIpc) is 2.69. The maximum Gasteiger partial charge on any atom is 0.269 e. The van der Waals surface area contributed by atoms with Crippen molar-refractivity contribution in [2.75, 3.05) is 20.3 Å². The van der Waals surface area contributed by atoms with Gasteiger partial charge in [-0.3, -0.25) is 14.9 Å². The number of likely N-dealkylation sites (tertiary alicyclic amines) is 1. The Hall–Kier alpha value is -2.38. The summed E-state index contributed by atoms with van der Waals surface area (Å²) in [6.45, 7) is 1.34. The molecule has 2 aromatic carbocycles. The Bertz CT molecular complexity index is 782. The fraction of sp³-hybridized carbons (Fsp3) is 0.350. The number of rotatable bonds is 9. The van der Waals surface area contributed by atoms with Crippen molar-refractivity contribution in [3.8, 4) is 0 Å². The summed E-state index contributed by atoms with van der Waals surface area (Å²) in [7, 11) is 1.67. The zero-order valence-corrected chi connectivity index (χ0v) is 15.9. The Labute approximate surface area is 162 Å². The summed E-state index contributed by atoms with van der Waals surface area (Å²) in [6.07, 6.45) is 1.76. The predicted octanol–water partition coefficient (Wildman–Crippen LogP) is 4.07. The number of carbonyl (C=O) groups excluding carboxylic acids is 1. The zero-order chi connectivity index (χ0) is 19.2. The van der Waals surface area contributed by atoms with Crippen molar-refractivity contribution >= 4 is 23.4 Å². The number of β-lactam (4-membered cyclic amide) rings is 1. The normalized spacial score (nSPS) is 19.0. The highest BCUT2D eigenvalue weighted by Crippen LogP contribution is 2.45. The standard InChI is InChI=1S/C20H22N2O4S/c1-26-14-6-5-13-21-18(15-9-11-16(12-10-15)22(24)25)19(20(21)23)27-17-7-3-2-4-8-17/h2-4,7-12,18-19H,5-6,13-14H2,1H3/t18-,19-/m1/s1. The molecule has 0 aromatic heterocycles. The van der Waals surface area contributed by atoms with E-state index in [4.69, 9.17) is 4.74 Å². The molecule has 1 aliphatic rings. The van der Waals surface area contributed by atoms with Gasteiger partial charge in [-0.2, -0.15) is 0 Å². The van der Waals surface area contributed by atoms with Crippen molar-refractivity contribution in [2.45, 2.75) is 29.0 Å². The first-order chi connectivity index (χ1) is 13.1. The van der Waals surface area contributed by atoms with Crippen LogP contribution in [0, 0.1) is 10.1 Å². The molecule has 0 radical (unpaired) electrons. The molecule has 0 aliphatic carbocycles. The molecule has 0 N–H and O–H groups in total. The van der Waals surface area contributed by atoms with Crippen LogP contribution in [0.2, 0.25) is 0 Å². The summed E-state index contributed by atoms with van der Waals surface area (Å²) in [4.78, 5) is 26.2. The molecule has 0 unspecified atom stereocenters. The van der Waals surface area contributed by atoms with Gasteiger partial charge in [0.15, 0.2) is 0 Å². The van der Waals surface area contributed by atoms with Gasteiger partial charge in [0.2, 0.25) is 5.91 Å². The molecule has 2 aromatic rings. The molecule has 1 fully saturated rings. The SMILES string of the molecule is COCCCCN1C(=O)[C@H](Sc2ccccc2)[C@H]1c1ccc([N+](=O)[O-])cc1. The van der Waals surface area contributed by atoms with E-state index >= 15 is 0 Å². The first kappa shape index (κ1) is 19.4. The summed E-state index contributed by atoms with van der Waals surface area (Å²) < 4.78 is 5.08. The number of nitrogens with zero attached hydrogens (tertiary/aromatic N) is 2. The number of nitro benzene ring substituents is 1. The second-order valence-corrected chi connectivity index (χ2v) is 7.59. The number of ether oxygens (including phenoxy) is 1. The Morgan fingerprint density at radius 3 is 2.44 bits per heavy atom. The van der Waals surface area contributed by atoms with E-state index in [2.05, 4.69) is 0 Å². The molecule has 1 amide bonds. The lowest BCUT2D eigenvalue weighted by atomic mass is 9.92. The Morgan fingerprint density at radius 1 is 1.11 bits per heavy atom. The van der Waals surface area contributed by atoms with E-state index in [0.29, 0.717) is 13.2 Å². The number of non-ortho nitro benzene ring substituents is 1. The van der Waals surface area contributed by atoms with Crippen LogP contribution in [0.3, 0.4) is 0 Å². The van der Waals surface area contributed by atoms with Gasteiger partial charge in [0, 0.05) is 37.3 Å². The van der Waals surface area contributed by atoms with Gasteiger partial charge in [0.25, 0.3) is 5.69 Å². The van der Waals surface area contributed by atoms with E-state index < -0.39 is 4.92 Å². The number of amides is 1. The van der Waals surface area contributed by atoms with Crippen molar-refractivity contribution < 1.29 is 14.5 Å². The summed E-state index contributed by atoms with van der Waals surface area (Å²) in [6, 6.07) is 16.3. The minimum Gasteiger partial charge on any atom is -0.385 e. The fourth-order valence-corrected chi connectivity index (χ4v) is 4.48. The zero-order valence-electron chi connectivity index (χ0n) is 15.1. The van der Waals surface area contributed by atoms with Crippen molar-refractivity contribution in [3.63, 3.8) is 0 Å². The van der Waals surface area contributed by atoms with Crippen LogP contribution < -0.4 is 0 Å². The first-order valence-corrected chi connectivity index (χ1v) is 9.75. The van der Waals surface area contributed by atoms with Crippen molar-refractivity contribution in [3.05, 3.63) is 70.3 Å². The number of hydrogen-bond donors (Lipinski definition) is 0. The van der Waals surface area contributed by atoms with E-state index in [1.54, 1.807) is 31.0 Å². The van der Waals surface area contributed by atoms with Gasteiger partial charge >= 0.3 is 0 Å². The smallest absolute Gasteiger partial charge is 0.269 e. The first-order valence-electron chi connectivity index (χ1n) is 8.87. The second kappa shape index (κ2) is 9.01. The van der Waals surface area contributed by atoms with E-state index in [1.807, 2.05) is 35.2 Å². The van der Waals surface area contributed by atoms with Crippen LogP contribution in [0.4, 0.5) is 5.69 Å². The molecule has 0 saturated carbocycles. The van der Waals surface area contributed by atoms with E-state index in [9.17, 15) is 14.9 Å². The monoisotopic (exact) mass is 386 g/mol. The number of hydrogen-bond acceptors (Lipinski definition) is 5. The summed E-state index contributed by atoms with van der Waals surface area (Å²) in [5.74, 6) is 0.115. The lowest BCUT2D eigenvalue weighted by Crippen LogP contribution is -2.57. The average molecular weight is 386 g/mol. The van der Waals surface area contributed by atoms with Crippen LogP contribution in [0.5, 0.6) is 0 Å². The molecule has 1 saturated heterocycles. The van der Waals surface area contributed by atoms with Gasteiger partial charge in [-0.15, -0.1) is 11.8 Å². The highest BCUT2D eigenvalue weighted by Gasteiger charge is 2.48. The van der Waals surface area contributed by atoms with Gasteiger partial charge in [-0.05, 0) is 30.5 Å². The lowest BCUT2D eigenvalue weighted by molar-refractivity contribution is -0.384. The number of benzene rings is 2. The summed E-state index contributed by atoms with van der Waals surface area (Å²) >= 11 is 1.55. The minimum absolute atomic E-state index is 0.0586. The number of methoxy groups -OCH3 is 1.